The van der Waals surface area contributed by atoms with Gasteiger partial charge in [0.15, 0.2) is 0 Å². The van der Waals surface area contributed by atoms with E-state index < -0.39 is 0 Å². The predicted molar refractivity (Wildman–Crippen MR) is 97.2 cm³/mol. The van der Waals surface area contributed by atoms with Crippen molar-refractivity contribution in [1.82, 2.24) is 15.1 Å². The van der Waals surface area contributed by atoms with Gasteiger partial charge in [0.2, 0.25) is 5.91 Å². The van der Waals surface area contributed by atoms with Crippen LogP contribution in [0, 0.1) is 6.92 Å². The molecule has 3 atom stereocenters. The number of ether oxygens (including phenoxy) is 1. The van der Waals surface area contributed by atoms with E-state index in [2.05, 4.69) is 41.6 Å². The molecule has 1 aromatic heterocycles. The summed E-state index contributed by atoms with van der Waals surface area (Å²) in [6.45, 7) is 3.64. The van der Waals surface area contributed by atoms with Crippen molar-refractivity contribution in [3.63, 3.8) is 0 Å². The minimum atomic E-state index is -0.0138. The molecule has 0 unspecified atom stereocenters. The normalized spacial score (nSPS) is 23.4. The molecule has 1 aliphatic rings. The third-order valence-corrected chi connectivity index (χ3v) is 5.03. The molecule has 1 aliphatic heterocycles. The van der Waals surface area contributed by atoms with Gasteiger partial charge in [-0.2, -0.15) is 5.10 Å². The largest absolute Gasteiger partial charge is 0.370 e. The first kappa shape index (κ1) is 17.7. The zero-order valence-corrected chi connectivity index (χ0v) is 15.2. The number of hydrogen-bond acceptors (Lipinski definition) is 3. The summed E-state index contributed by atoms with van der Waals surface area (Å²) in [7, 11) is 1.94. The zero-order valence-electron chi connectivity index (χ0n) is 15.2. The van der Waals surface area contributed by atoms with E-state index >= 15 is 0 Å². The summed E-state index contributed by atoms with van der Waals surface area (Å²) in [4.78, 5) is 11.5. The van der Waals surface area contributed by atoms with Crippen molar-refractivity contribution >= 4 is 5.91 Å². The highest BCUT2D eigenvalue weighted by molar-refractivity contribution is 5.73. The highest BCUT2D eigenvalue weighted by Gasteiger charge is 2.32. The lowest BCUT2D eigenvalue weighted by Gasteiger charge is -2.36. The SMILES string of the molecule is CC(=O)N[C@@H]1C[C@H](CCc2ccccc2)O[C@H](c2cnn(C)c2C)C1. The molecular formula is C20H27N3O2. The van der Waals surface area contributed by atoms with Crippen LogP contribution in [0.3, 0.4) is 0 Å². The van der Waals surface area contributed by atoms with Gasteiger partial charge in [-0.1, -0.05) is 30.3 Å². The van der Waals surface area contributed by atoms with Crippen molar-refractivity contribution < 1.29 is 9.53 Å². The van der Waals surface area contributed by atoms with E-state index in [1.807, 2.05) is 24.0 Å². The third kappa shape index (κ3) is 4.48. The van der Waals surface area contributed by atoms with Crippen LogP contribution < -0.4 is 5.32 Å². The van der Waals surface area contributed by atoms with Crippen LogP contribution >= 0.6 is 0 Å². The Bertz CT molecular complexity index is 711. The Labute approximate surface area is 149 Å². The van der Waals surface area contributed by atoms with Crippen LogP contribution in [0.2, 0.25) is 0 Å². The van der Waals surface area contributed by atoms with Crippen molar-refractivity contribution in [3.8, 4) is 0 Å². The number of nitrogens with one attached hydrogen (secondary N) is 1. The second-order valence-electron chi connectivity index (χ2n) is 6.95. The molecule has 1 aromatic carbocycles. The Morgan fingerprint density at radius 2 is 2.08 bits per heavy atom. The summed E-state index contributed by atoms with van der Waals surface area (Å²) in [6.07, 6.45) is 5.61. The van der Waals surface area contributed by atoms with Crippen molar-refractivity contribution in [3.05, 3.63) is 53.3 Å². The summed E-state index contributed by atoms with van der Waals surface area (Å²) >= 11 is 0. The summed E-state index contributed by atoms with van der Waals surface area (Å²) in [5, 5.41) is 7.44. The molecule has 0 spiro atoms. The molecule has 5 heteroatoms. The molecule has 5 nitrogen and oxygen atoms in total. The average molecular weight is 341 g/mol. The lowest BCUT2D eigenvalue weighted by Crippen LogP contribution is -2.42. The minimum Gasteiger partial charge on any atom is -0.370 e. The fourth-order valence-electron chi connectivity index (χ4n) is 3.61. The minimum absolute atomic E-state index is 0.0138. The van der Waals surface area contributed by atoms with Crippen LogP contribution in [0.1, 0.15) is 49.1 Å². The van der Waals surface area contributed by atoms with Gasteiger partial charge in [-0.15, -0.1) is 0 Å². The third-order valence-electron chi connectivity index (χ3n) is 5.03. The van der Waals surface area contributed by atoms with Crippen LogP contribution in [0.5, 0.6) is 0 Å². The predicted octanol–water partition coefficient (Wildman–Crippen LogP) is 3.09. The van der Waals surface area contributed by atoms with Crippen molar-refractivity contribution in [2.45, 2.75) is 57.8 Å². The van der Waals surface area contributed by atoms with Crippen LogP contribution in [0.15, 0.2) is 36.5 Å². The highest BCUT2D eigenvalue weighted by atomic mass is 16.5. The van der Waals surface area contributed by atoms with Crippen LogP contribution in [0.25, 0.3) is 0 Å². The van der Waals surface area contributed by atoms with E-state index in [0.29, 0.717) is 0 Å². The van der Waals surface area contributed by atoms with Gasteiger partial charge in [-0.25, -0.2) is 0 Å². The first-order valence-corrected chi connectivity index (χ1v) is 8.98. The number of aryl methyl sites for hydroxylation is 2. The molecule has 134 valence electrons. The molecule has 1 N–H and O–H groups in total. The number of rotatable bonds is 5. The molecule has 1 fully saturated rings. The van der Waals surface area contributed by atoms with Gasteiger partial charge in [0.05, 0.1) is 18.4 Å². The summed E-state index contributed by atoms with van der Waals surface area (Å²) in [5.41, 5.74) is 3.57. The topological polar surface area (TPSA) is 56.1 Å². The van der Waals surface area contributed by atoms with Crippen LogP contribution in [-0.2, 0) is 23.0 Å². The fraction of sp³-hybridized carbons (Fsp3) is 0.500. The maximum absolute atomic E-state index is 11.5. The molecule has 3 rings (SSSR count). The van der Waals surface area contributed by atoms with E-state index in [4.69, 9.17) is 4.74 Å². The molecule has 0 saturated carbocycles. The molecule has 2 aromatic rings. The number of hydrogen-bond donors (Lipinski definition) is 1. The Morgan fingerprint density at radius 3 is 2.72 bits per heavy atom. The number of benzene rings is 1. The average Bonchev–Trinajstić information content (AvgIpc) is 2.92. The summed E-state index contributed by atoms with van der Waals surface area (Å²) in [5.74, 6) is 0.0235. The van der Waals surface area contributed by atoms with E-state index in [-0.39, 0.29) is 24.2 Å². The lowest BCUT2D eigenvalue weighted by atomic mass is 9.92. The van der Waals surface area contributed by atoms with Gasteiger partial charge in [0.25, 0.3) is 0 Å². The van der Waals surface area contributed by atoms with Crippen molar-refractivity contribution in [2.24, 2.45) is 7.05 Å². The Kier molecular flexibility index (Phi) is 5.53. The maximum atomic E-state index is 11.5. The number of aromatic nitrogens is 2. The fourth-order valence-corrected chi connectivity index (χ4v) is 3.61. The lowest BCUT2D eigenvalue weighted by molar-refractivity contribution is -0.122. The molecule has 25 heavy (non-hydrogen) atoms. The number of carbonyl (C=O) groups excluding carboxylic acids is 1. The van der Waals surface area contributed by atoms with Crippen molar-refractivity contribution in [1.29, 1.82) is 0 Å². The van der Waals surface area contributed by atoms with Crippen molar-refractivity contribution in [2.75, 3.05) is 0 Å². The first-order valence-electron chi connectivity index (χ1n) is 8.98. The van der Waals surface area contributed by atoms with Gasteiger partial charge >= 0.3 is 0 Å². The maximum Gasteiger partial charge on any atom is 0.217 e. The van der Waals surface area contributed by atoms with Gasteiger partial charge < -0.3 is 10.1 Å². The Hall–Kier alpha value is -2.14. The zero-order chi connectivity index (χ0) is 17.8. The van der Waals surface area contributed by atoms with Crippen LogP contribution in [0.4, 0.5) is 0 Å². The summed E-state index contributed by atoms with van der Waals surface area (Å²) in [6, 6.07) is 10.6. The summed E-state index contributed by atoms with van der Waals surface area (Å²) < 4.78 is 8.27. The van der Waals surface area contributed by atoms with E-state index in [0.717, 1.165) is 36.9 Å². The second-order valence-corrected chi connectivity index (χ2v) is 6.95. The molecule has 2 heterocycles. The standard InChI is InChI=1S/C20H27N3O2/c1-14-19(13-21-23(14)3)20-12-17(22-15(2)24)11-18(25-20)10-9-16-7-5-4-6-8-16/h4-8,13,17-18,20H,9-12H2,1-3H3,(H,22,24)/t17-,18+,20+/m1/s1. The van der Waals surface area contributed by atoms with E-state index in [9.17, 15) is 4.79 Å². The first-order chi connectivity index (χ1) is 12.0. The monoisotopic (exact) mass is 341 g/mol. The molecule has 1 amide bonds. The second kappa shape index (κ2) is 7.83. The molecule has 0 radical (unpaired) electrons. The quantitative estimate of drug-likeness (QED) is 0.909. The van der Waals surface area contributed by atoms with Crippen LogP contribution in [-0.4, -0.2) is 27.8 Å². The van der Waals surface area contributed by atoms with Gasteiger partial charge in [0.1, 0.15) is 0 Å². The van der Waals surface area contributed by atoms with E-state index in [1.165, 1.54) is 5.56 Å². The Morgan fingerprint density at radius 1 is 1.32 bits per heavy atom. The van der Waals surface area contributed by atoms with Gasteiger partial charge in [-0.05, 0) is 38.2 Å². The molecule has 0 bridgehead atoms. The molecule has 1 saturated heterocycles. The number of carbonyl (C=O) groups is 1. The number of nitrogens with zero attached hydrogens (tertiary/aromatic N) is 2. The Balaban J connectivity index is 1.71. The molecular weight excluding hydrogens is 314 g/mol. The highest BCUT2D eigenvalue weighted by Crippen LogP contribution is 2.34. The number of amides is 1. The van der Waals surface area contributed by atoms with Gasteiger partial charge in [-0.3, -0.25) is 9.48 Å². The van der Waals surface area contributed by atoms with Gasteiger partial charge in [0, 0.05) is 31.3 Å². The van der Waals surface area contributed by atoms with E-state index in [1.54, 1.807) is 6.92 Å². The molecule has 0 aliphatic carbocycles. The smallest absolute Gasteiger partial charge is 0.217 e.